The number of hydrogen-bond donors (Lipinski definition) is 0. The molecule has 1 unspecified atom stereocenters. The third-order valence-corrected chi connectivity index (χ3v) is 4.98. The molecule has 0 aliphatic heterocycles. The van der Waals surface area contributed by atoms with Gasteiger partial charge in [-0.05, 0) is 13.1 Å². The summed E-state index contributed by atoms with van der Waals surface area (Å²) < 4.78 is 15.1. The molecule has 1 atom stereocenters. The van der Waals surface area contributed by atoms with Crippen LogP contribution in [-0.2, 0) is 13.3 Å². The van der Waals surface area contributed by atoms with Crippen molar-refractivity contribution < 1.29 is 13.3 Å². The Morgan fingerprint density at radius 3 is 2.33 bits per heavy atom. The summed E-state index contributed by atoms with van der Waals surface area (Å²) in [6.07, 6.45) is 0. The molecular weight excluding hydrogens is 168 g/mol. The van der Waals surface area contributed by atoms with Gasteiger partial charge in [-0.2, -0.15) is 0 Å². The van der Waals surface area contributed by atoms with Crippen LogP contribution in [0.15, 0.2) is 0 Å². The first-order chi connectivity index (χ1) is 4.31. The normalized spacial score (nSPS) is 16.3. The zero-order chi connectivity index (χ0) is 7.11. The van der Waals surface area contributed by atoms with Gasteiger partial charge in [0.05, 0.1) is 0 Å². The molecule has 0 aromatic carbocycles. The summed E-state index contributed by atoms with van der Waals surface area (Å²) in [6, 6.07) is 0. The molecule has 0 aromatic heterocycles. The van der Waals surface area contributed by atoms with Crippen molar-refractivity contribution in [3.8, 4) is 0 Å². The first kappa shape index (κ1) is 9.53. The summed E-state index contributed by atoms with van der Waals surface area (Å²) >= 11 is 0. The quantitative estimate of drug-likeness (QED) is 0.312. The summed E-state index contributed by atoms with van der Waals surface area (Å²) in [5.74, 6) is 0. The van der Waals surface area contributed by atoms with E-state index in [-0.39, 0.29) is 9.76 Å². The molecule has 0 aliphatic carbocycles. The summed E-state index contributed by atoms with van der Waals surface area (Å²) in [6.45, 7) is 6.11. The van der Waals surface area contributed by atoms with Crippen LogP contribution in [0, 0.1) is 0 Å². The van der Waals surface area contributed by atoms with Gasteiger partial charge in [0.1, 0.15) is 9.76 Å². The minimum atomic E-state index is -1.35. The van der Waals surface area contributed by atoms with Crippen LogP contribution in [0.4, 0.5) is 0 Å². The largest absolute Gasteiger partial charge is 0.442 e. The highest BCUT2D eigenvalue weighted by molar-refractivity contribution is 6.51. The Kier molecular flexibility index (Phi) is 7.04. The standard InChI is InChI=1S/C3H14O3Si3/c1-7-4-5-9(3)6-8-2/h9H,7-8H2,1-3H3. The van der Waals surface area contributed by atoms with Crippen LogP contribution in [0.3, 0.4) is 0 Å². The Balaban J connectivity index is 2.95. The number of rotatable bonds is 5. The smallest absolute Gasteiger partial charge is 0.345 e. The summed E-state index contributed by atoms with van der Waals surface area (Å²) in [4.78, 5) is 0. The first-order valence-electron chi connectivity index (χ1n) is 3.21. The van der Waals surface area contributed by atoms with Crippen LogP contribution in [0.2, 0.25) is 19.6 Å². The Labute approximate surface area is 62.4 Å². The van der Waals surface area contributed by atoms with Gasteiger partial charge >= 0.3 is 9.28 Å². The lowest BCUT2D eigenvalue weighted by Gasteiger charge is -2.08. The van der Waals surface area contributed by atoms with E-state index in [1.807, 2.05) is 13.1 Å². The van der Waals surface area contributed by atoms with E-state index in [2.05, 4.69) is 6.55 Å². The van der Waals surface area contributed by atoms with E-state index >= 15 is 0 Å². The second kappa shape index (κ2) is 6.65. The molecule has 0 spiro atoms. The lowest BCUT2D eigenvalue weighted by molar-refractivity contribution is -0.116. The van der Waals surface area contributed by atoms with Gasteiger partial charge in [0.2, 0.25) is 9.76 Å². The van der Waals surface area contributed by atoms with Crippen molar-refractivity contribution in [2.24, 2.45) is 0 Å². The lowest BCUT2D eigenvalue weighted by Crippen LogP contribution is -2.20. The second-order valence-electron chi connectivity index (χ2n) is 1.53. The average molecular weight is 182 g/mol. The van der Waals surface area contributed by atoms with Crippen LogP contribution in [0.1, 0.15) is 0 Å². The van der Waals surface area contributed by atoms with Crippen molar-refractivity contribution >= 4 is 28.8 Å². The van der Waals surface area contributed by atoms with Crippen molar-refractivity contribution in [1.29, 1.82) is 0 Å². The molecule has 0 fully saturated rings. The van der Waals surface area contributed by atoms with Gasteiger partial charge in [0.15, 0.2) is 0 Å². The van der Waals surface area contributed by atoms with Crippen LogP contribution in [0.25, 0.3) is 0 Å². The molecule has 0 amide bonds. The summed E-state index contributed by atoms with van der Waals surface area (Å²) in [7, 11) is -2.03. The number of hydrogen-bond acceptors (Lipinski definition) is 3. The van der Waals surface area contributed by atoms with Gasteiger partial charge < -0.3 is 8.69 Å². The predicted molar refractivity (Wildman–Crippen MR) is 45.1 cm³/mol. The van der Waals surface area contributed by atoms with E-state index in [0.717, 1.165) is 0 Å². The van der Waals surface area contributed by atoms with E-state index in [4.69, 9.17) is 13.3 Å². The van der Waals surface area contributed by atoms with E-state index in [0.29, 0.717) is 0 Å². The molecule has 0 aromatic rings. The van der Waals surface area contributed by atoms with Crippen molar-refractivity contribution in [1.82, 2.24) is 0 Å². The molecule has 0 rings (SSSR count). The third kappa shape index (κ3) is 6.42. The minimum Gasteiger partial charge on any atom is -0.442 e. The fraction of sp³-hybridized carbons (Fsp3) is 1.00. The molecule has 0 heterocycles. The highest BCUT2D eigenvalue weighted by Crippen LogP contribution is 1.86. The lowest BCUT2D eigenvalue weighted by atomic mass is 11.9. The predicted octanol–water partition coefficient (Wildman–Crippen LogP) is -0.935. The Morgan fingerprint density at radius 1 is 1.22 bits per heavy atom. The average Bonchev–Trinajstić information content (AvgIpc) is 1.85. The molecule has 0 saturated carbocycles. The second-order valence-corrected chi connectivity index (χ2v) is 5.58. The highest BCUT2D eigenvalue weighted by atomic mass is 28.4. The molecule has 0 saturated heterocycles. The van der Waals surface area contributed by atoms with Gasteiger partial charge in [0, 0.05) is 0 Å². The monoisotopic (exact) mass is 182 g/mol. The van der Waals surface area contributed by atoms with Crippen molar-refractivity contribution in [2.75, 3.05) is 0 Å². The maximum atomic E-state index is 5.30. The zero-order valence-electron chi connectivity index (χ0n) is 6.22. The molecule has 0 N–H and O–H groups in total. The van der Waals surface area contributed by atoms with Crippen LogP contribution in [-0.4, -0.2) is 28.8 Å². The molecule has 0 aliphatic rings. The Hall–Kier alpha value is 0.531. The molecule has 9 heavy (non-hydrogen) atoms. The molecule has 56 valence electrons. The molecule has 0 radical (unpaired) electrons. The fourth-order valence-electron chi connectivity index (χ4n) is 0.426. The van der Waals surface area contributed by atoms with Gasteiger partial charge in [0.25, 0.3) is 0 Å². The minimum absolute atomic E-state index is 0.289. The summed E-state index contributed by atoms with van der Waals surface area (Å²) in [5.41, 5.74) is 0. The molecule has 0 bridgehead atoms. The highest BCUT2D eigenvalue weighted by Gasteiger charge is 2.02. The van der Waals surface area contributed by atoms with E-state index in [1.165, 1.54) is 0 Å². The van der Waals surface area contributed by atoms with Crippen molar-refractivity contribution in [2.45, 2.75) is 19.6 Å². The maximum absolute atomic E-state index is 5.30. The Bertz CT molecular complexity index is 62.3. The van der Waals surface area contributed by atoms with E-state index in [9.17, 15) is 0 Å². The van der Waals surface area contributed by atoms with Crippen molar-refractivity contribution in [3.05, 3.63) is 0 Å². The molecule has 6 heteroatoms. The van der Waals surface area contributed by atoms with Crippen molar-refractivity contribution in [3.63, 3.8) is 0 Å². The zero-order valence-corrected chi connectivity index (χ0v) is 10.2. The van der Waals surface area contributed by atoms with Crippen LogP contribution < -0.4 is 0 Å². The Morgan fingerprint density at radius 2 is 1.89 bits per heavy atom. The maximum Gasteiger partial charge on any atom is 0.345 e. The topological polar surface area (TPSA) is 27.7 Å². The van der Waals surface area contributed by atoms with Crippen LogP contribution >= 0.6 is 0 Å². The SMILES string of the molecule is C[SiH2]OO[SiH](C)O[SiH2]C. The third-order valence-electron chi connectivity index (χ3n) is 0.723. The van der Waals surface area contributed by atoms with E-state index < -0.39 is 19.0 Å². The summed E-state index contributed by atoms with van der Waals surface area (Å²) in [5, 5.41) is 0. The van der Waals surface area contributed by atoms with Crippen LogP contribution in [0.5, 0.6) is 0 Å². The molecular formula is C3H14O3Si3. The van der Waals surface area contributed by atoms with Gasteiger partial charge in [-0.15, -0.1) is 0 Å². The van der Waals surface area contributed by atoms with E-state index in [1.54, 1.807) is 0 Å². The molecule has 3 nitrogen and oxygen atoms in total. The van der Waals surface area contributed by atoms with Gasteiger partial charge in [-0.1, -0.05) is 6.55 Å². The van der Waals surface area contributed by atoms with Gasteiger partial charge in [-0.3, -0.25) is 4.58 Å². The van der Waals surface area contributed by atoms with Gasteiger partial charge in [-0.25, -0.2) is 0 Å². The first-order valence-corrected chi connectivity index (χ1v) is 9.29. The fourth-order valence-corrected chi connectivity index (χ4v) is 3.84.